The Hall–Kier alpha value is -3.28. The molecule has 8 heteroatoms. The Morgan fingerprint density at radius 1 is 1.23 bits per heavy atom. The number of hydrogen-bond donors (Lipinski definition) is 1. The molecule has 7 nitrogen and oxygen atoms in total. The van der Waals surface area contributed by atoms with E-state index in [0.29, 0.717) is 29.4 Å². The molecule has 182 valence electrons. The van der Waals surface area contributed by atoms with Gasteiger partial charge in [-0.2, -0.15) is 10.4 Å². The van der Waals surface area contributed by atoms with Crippen molar-refractivity contribution in [3.05, 3.63) is 58.5 Å². The van der Waals surface area contributed by atoms with Gasteiger partial charge in [-0.3, -0.25) is 4.90 Å². The molecular weight excluding hydrogens is 443 g/mol. The molecule has 1 N–H and O–H groups in total. The van der Waals surface area contributed by atoms with Gasteiger partial charge in [-0.1, -0.05) is 12.1 Å². The number of ether oxygens (including phenoxy) is 1. The predicted octanol–water partition coefficient (Wildman–Crippen LogP) is 4.34. The van der Waals surface area contributed by atoms with Crippen molar-refractivity contribution in [3.63, 3.8) is 0 Å². The molecule has 2 aromatic carbocycles. The Balaban J connectivity index is 1.46. The molecule has 35 heavy (non-hydrogen) atoms. The van der Waals surface area contributed by atoms with E-state index in [2.05, 4.69) is 31.4 Å². The molecule has 5 rings (SSSR count). The molecule has 0 radical (unpaired) electrons. The van der Waals surface area contributed by atoms with Crippen LogP contribution >= 0.6 is 0 Å². The maximum absolute atomic E-state index is 15.4. The summed E-state index contributed by atoms with van der Waals surface area (Å²) in [7, 11) is 1.72. The number of rotatable bonds is 7. The number of nitriles is 1. The number of methoxy groups -OCH3 is 1. The lowest BCUT2D eigenvalue weighted by Crippen LogP contribution is -2.77. The van der Waals surface area contributed by atoms with E-state index in [0.717, 1.165) is 54.5 Å². The summed E-state index contributed by atoms with van der Waals surface area (Å²) in [5, 5.41) is 23.2. The Bertz CT molecular complexity index is 1310. The van der Waals surface area contributed by atoms with Crippen molar-refractivity contribution >= 4 is 22.3 Å². The molecular formula is C27H31FN6O. The van der Waals surface area contributed by atoms with Crippen LogP contribution in [0.4, 0.5) is 15.9 Å². The Morgan fingerprint density at radius 2 is 2.03 bits per heavy atom. The van der Waals surface area contributed by atoms with Crippen molar-refractivity contribution in [1.29, 1.82) is 5.26 Å². The third-order valence-electron chi connectivity index (χ3n) is 7.66. The number of fused-ring (bicyclic) bond motifs is 1. The van der Waals surface area contributed by atoms with Crippen LogP contribution in [0.1, 0.15) is 41.8 Å². The number of aryl methyl sites for hydroxylation is 1. The lowest BCUT2D eigenvalue weighted by atomic mass is 9.77. The van der Waals surface area contributed by atoms with Crippen molar-refractivity contribution in [3.8, 4) is 6.07 Å². The maximum Gasteiger partial charge on any atom is 0.157 e. The molecule has 3 aromatic rings. The fraction of sp³-hybridized carbons (Fsp3) is 0.444. The monoisotopic (exact) mass is 474 g/mol. The van der Waals surface area contributed by atoms with Crippen LogP contribution in [0.3, 0.4) is 0 Å². The second-order valence-electron chi connectivity index (χ2n) is 9.81. The van der Waals surface area contributed by atoms with Gasteiger partial charge in [-0.25, -0.2) is 4.39 Å². The Kier molecular flexibility index (Phi) is 6.07. The van der Waals surface area contributed by atoms with Crippen LogP contribution in [0, 0.1) is 31.0 Å². The van der Waals surface area contributed by atoms with Gasteiger partial charge in [-0.05, 0) is 56.5 Å². The first-order valence-electron chi connectivity index (χ1n) is 12.1. The second kappa shape index (κ2) is 9.06. The van der Waals surface area contributed by atoms with Crippen LogP contribution in [0.25, 0.3) is 10.8 Å². The minimum Gasteiger partial charge on any atom is -0.383 e. The van der Waals surface area contributed by atoms with E-state index in [9.17, 15) is 5.26 Å². The summed E-state index contributed by atoms with van der Waals surface area (Å²) in [6.07, 6.45) is 1.07. The topological polar surface area (TPSA) is 77.3 Å². The van der Waals surface area contributed by atoms with Gasteiger partial charge in [0, 0.05) is 44.1 Å². The van der Waals surface area contributed by atoms with Crippen LogP contribution < -0.4 is 10.2 Å². The number of hydrogen-bond acceptors (Lipinski definition) is 7. The number of benzene rings is 2. The normalized spacial score (nSPS) is 17.7. The molecule has 2 fully saturated rings. The fourth-order valence-electron chi connectivity index (χ4n) is 5.54. The van der Waals surface area contributed by atoms with Gasteiger partial charge < -0.3 is 15.0 Å². The number of nitrogens with one attached hydrogen (secondary N) is 1. The van der Waals surface area contributed by atoms with Gasteiger partial charge in [0.15, 0.2) is 5.82 Å². The second-order valence-corrected chi connectivity index (χ2v) is 9.81. The van der Waals surface area contributed by atoms with Gasteiger partial charge in [0.25, 0.3) is 0 Å². The van der Waals surface area contributed by atoms with Crippen LogP contribution in [-0.4, -0.2) is 60.5 Å². The minimum atomic E-state index is -0.223. The first-order chi connectivity index (χ1) is 16.9. The molecule has 1 spiro atoms. The molecule has 0 unspecified atom stereocenters. The largest absolute Gasteiger partial charge is 0.383 e. The molecule has 0 aliphatic carbocycles. The maximum atomic E-state index is 15.4. The van der Waals surface area contributed by atoms with E-state index in [1.807, 2.05) is 45.0 Å². The number of anilines is 2. The number of halogens is 1. The van der Waals surface area contributed by atoms with Crippen LogP contribution in [0.15, 0.2) is 30.3 Å². The van der Waals surface area contributed by atoms with Crippen LogP contribution in [-0.2, 0) is 4.74 Å². The lowest BCUT2D eigenvalue weighted by Gasteiger charge is -2.63. The number of aromatic nitrogens is 2. The van der Waals surface area contributed by atoms with E-state index in [1.54, 1.807) is 13.2 Å². The molecule has 2 aliphatic rings. The van der Waals surface area contributed by atoms with Gasteiger partial charge in [0.2, 0.25) is 0 Å². The minimum absolute atomic E-state index is 0.00743. The van der Waals surface area contributed by atoms with Gasteiger partial charge in [0.1, 0.15) is 5.82 Å². The standard InChI is InChI=1S/C27H31FN6O/c1-17-20(14-29)6-5-7-21(17)18(2)30-26-23-13-25(24(28)12-22(23)19(3)31-32-26)34-9-8-27(34)15-33(16-27)10-11-35-4/h5-7,12-13,18H,8-11,15-16H2,1-4H3,(H,30,32)/t18-/m1/s1. The summed E-state index contributed by atoms with van der Waals surface area (Å²) in [5.41, 5.74) is 3.95. The summed E-state index contributed by atoms with van der Waals surface area (Å²) >= 11 is 0. The smallest absolute Gasteiger partial charge is 0.157 e. The molecule has 0 bridgehead atoms. The fourth-order valence-corrected chi connectivity index (χ4v) is 5.54. The first kappa shape index (κ1) is 23.5. The highest BCUT2D eigenvalue weighted by atomic mass is 19.1. The molecule has 2 aliphatic heterocycles. The summed E-state index contributed by atoms with van der Waals surface area (Å²) < 4.78 is 20.6. The highest BCUT2D eigenvalue weighted by Crippen LogP contribution is 2.44. The van der Waals surface area contributed by atoms with E-state index < -0.39 is 0 Å². The summed E-state index contributed by atoms with van der Waals surface area (Å²) in [6.45, 7) is 10.2. The van der Waals surface area contributed by atoms with Crippen molar-refractivity contribution in [2.24, 2.45) is 0 Å². The molecule has 3 heterocycles. The van der Waals surface area contributed by atoms with Crippen molar-refractivity contribution in [2.45, 2.75) is 38.8 Å². The summed E-state index contributed by atoms with van der Waals surface area (Å²) in [4.78, 5) is 4.57. The zero-order valence-corrected chi connectivity index (χ0v) is 20.7. The molecule has 2 saturated heterocycles. The first-order valence-corrected chi connectivity index (χ1v) is 12.1. The molecule has 1 atom stereocenters. The third kappa shape index (κ3) is 3.99. The molecule has 0 saturated carbocycles. The van der Waals surface area contributed by atoms with Gasteiger partial charge >= 0.3 is 0 Å². The Labute approximate surface area is 205 Å². The molecule has 1 aromatic heterocycles. The van der Waals surface area contributed by atoms with Crippen molar-refractivity contribution < 1.29 is 9.13 Å². The highest BCUT2D eigenvalue weighted by molar-refractivity contribution is 5.96. The summed E-state index contributed by atoms with van der Waals surface area (Å²) in [5.74, 6) is 0.394. The summed E-state index contributed by atoms with van der Waals surface area (Å²) in [6, 6.07) is 11.4. The van der Waals surface area contributed by atoms with Crippen LogP contribution in [0.5, 0.6) is 0 Å². The predicted molar refractivity (Wildman–Crippen MR) is 135 cm³/mol. The molecule has 0 amide bonds. The van der Waals surface area contributed by atoms with E-state index in [4.69, 9.17) is 4.74 Å². The quantitative estimate of drug-likeness (QED) is 0.546. The lowest BCUT2D eigenvalue weighted by molar-refractivity contribution is 0.00787. The van der Waals surface area contributed by atoms with Crippen LogP contribution in [0.2, 0.25) is 0 Å². The van der Waals surface area contributed by atoms with Crippen molar-refractivity contribution in [2.75, 3.05) is 50.1 Å². The average molecular weight is 475 g/mol. The van der Waals surface area contributed by atoms with E-state index in [-0.39, 0.29) is 17.4 Å². The van der Waals surface area contributed by atoms with Gasteiger partial charge in [0.05, 0.1) is 41.2 Å². The van der Waals surface area contributed by atoms with Crippen molar-refractivity contribution in [1.82, 2.24) is 15.1 Å². The zero-order valence-electron chi connectivity index (χ0n) is 20.7. The van der Waals surface area contributed by atoms with E-state index >= 15 is 4.39 Å². The zero-order chi connectivity index (χ0) is 24.7. The number of nitrogens with zero attached hydrogens (tertiary/aromatic N) is 5. The number of likely N-dealkylation sites (tertiary alicyclic amines) is 1. The Morgan fingerprint density at radius 3 is 2.71 bits per heavy atom. The van der Waals surface area contributed by atoms with Gasteiger partial charge in [-0.15, -0.1) is 5.10 Å². The highest BCUT2D eigenvalue weighted by Gasteiger charge is 2.53. The van der Waals surface area contributed by atoms with E-state index in [1.165, 1.54) is 0 Å². The third-order valence-corrected chi connectivity index (χ3v) is 7.66. The average Bonchev–Trinajstić information content (AvgIpc) is 2.80. The SMILES string of the molecule is COCCN1CC2(CCN2c2cc3c(N[C@H](C)c4cccc(C#N)c4C)nnc(C)c3cc2F)C1.